The Balaban J connectivity index is 2.72. The molecule has 1 heterocycles. The summed E-state index contributed by atoms with van der Waals surface area (Å²) in [6.07, 6.45) is 0.482. The first-order chi connectivity index (χ1) is 6.72. The maximum Gasteiger partial charge on any atom is 0.0670 e. The molecule has 0 fully saturated rings. The van der Waals surface area contributed by atoms with Gasteiger partial charge in [-0.1, -0.05) is 6.07 Å². The first kappa shape index (κ1) is 9.04. The quantitative estimate of drug-likeness (QED) is 0.723. The van der Waals surface area contributed by atoms with Crippen LogP contribution in [0.15, 0.2) is 18.2 Å². The molecule has 0 aliphatic carbocycles. The van der Waals surface area contributed by atoms with Crippen molar-refractivity contribution in [3.05, 3.63) is 28.6 Å². The molecule has 0 aliphatic rings. The van der Waals surface area contributed by atoms with E-state index >= 15 is 0 Å². The number of nitrogens with two attached hydrogens (primary N) is 1. The predicted molar refractivity (Wildman–Crippen MR) is 60.3 cm³/mol. The Kier molecular flexibility index (Phi) is 2.14. The molecule has 1 aromatic carbocycles. The summed E-state index contributed by atoms with van der Waals surface area (Å²) < 4.78 is 1.17. The summed E-state index contributed by atoms with van der Waals surface area (Å²) in [5, 5.41) is 9.88. The van der Waals surface area contributed by atoms with E-state index in [1.54, 1.807) is 11.3 Å². The fraction of sp³-hybridized carbons (Fsp3) is 0.182. The molecule has 14 heavy (non-hydrogen) atoms. The van der Waals surface area contributed by atoms with Crippen molar-refractivity contribution in [3.8, 4) is 6.07 Å². The number of rotatable bonds is 1. The van der Waals surface area contributed by atoms with Gasteiger partial charge in [-0.2, -0.15) is 5.26 Å². The SMILES string of the molecule is Cc1sc2cc(N)ccc2c1CC#N. The van der Waals surface area contributed by atoms with Gasteiger partial charge in [0.2, 0.25) is 0 Å². The second-order valence-corrected chi connectivity index (χ2v) is 4.48. The van der Waals surface area contributed by atoms with E-state index in [1.807, 2.05) is 25.1 Å². The van der Waals surface area contributed by atoms with Gasteiger partial charge in [0, 0.05) is 15.3 Å². The van der Waals surface area contributed by atoms with Crippen LogP contribution < -0.4 is 5.73 Å². The van der Waals surface area contributed by atoms with E-state index in [4.69, 9.17) is 11.0 Å². The molecule has 0 atom stereocenters. The molecule has 0 saturated carbocycles. The molecule has 2 aromatic rings. The van der Waals surface area contributed by atoms with Gasteiger partial charge in [0.15, 0.2) is 0 Å². The Morgan fingerprint density at radius 3 is 3.00 bits per heavy atom. The maximum absolute atomic E-state index is 8.71. The van der Waals surface area contributed by atoms with Crippen molar-refractivity contribution in [3.63, 3.8) is 0 Å². The van der Waals surface area contributed by atoms with Crippen LogP contribution >= 0.6 is 11.3 Å². The summed E-state index contributed by atoms with van der Waals surface area (Å²) in [5.74, 6) is 0. The molecule has 0 aliphatic heterocycles. The highest BCUT2D eigenvalue weighted by Gasteiger charge is 2.08. The summed E-state index contributed by atoms with van der Waals surface area (Å²) >= 11 is 1.70. The smallest absolute Gasteiger partial charge is 0.0670 e. The van der Waals surface area contributed by atoms with Crippen molar-refractivity contribution >= 4 is 27.1 Å². The van der Waals surface area contributed by atoms with Crippen LogP contribution in [0.5, 0.6) is 0 Å². The Bertz CT molecular complexity index is 520. The van der Waals surface area contributed by atoms with Gasteiger partial charge >= 0.3 is 0 Å². The van der Waals surface area contributed by atoms with Crippen LogP contribution in [0.4, 0.5) is 5.69 Å². The fourth-order valence-corrected chi connectivity index (χ4v) is 2.72. The number of nitriles is 1. The van der Waals surface area contributed by atoms with Crippen molar-refractivity contribution in [1.29, 1.82) is 5.26 Å². The summed E-state index contributed by atoms with van der Waals surface area (Å²) in [5.41, 5.74) is 7.62. The van der Waals surface area contributed by atoms with Gasteiger partial charge in [-0.25, -0.2) is 0 Å². The second kappa shape index (κ2) is 3.32. The number of thiophene rings is 1. The monoisotopic (exact) mass is 202 g/mol. The summed E-state index contributed by atoms with van der Waals surface area (Å²) in [6.45, 7) is 2.05. The molecule has 2 N–H and O–H groups in total. The van der Waals surface area contributed by atoms with Gasteiger partial charge in [0.1, 0.15) is 0 Å². The average Bonchev–Trinajstić information content (AvgIpc) is 2.43. The van der Waals surface area contributed by atoms with Crippen LogP contribution in [0.2, 0.25) is 0 Å². The first-order valence-electron chi connectivity index (χ1n) is 4.37. The van der Waals surface area contributed by atoms with Crippen LogP contribution in [0.1, 0.15) is 10.4 Å². The molecule has 1 aromatic heterocycles. The first-order valence-corrected chi connectivity index (χ1v) is 5.18. The summed E-state index contributed by atoms with van der Waals surface area (Å²) in [4.78, 5) is 1.21. The molecule has 3 heteroatoms. The molecule has 0 radical (unpaired) electrons. The molecule has 0 saturated heterocycles. The van der Waals surface area contributed by atoms with Gasteiger partial charge in [0.05, 0.1) is 12.5 Å². The fourth-order valence-electron chi connectivity index (χ4n) is 1.59. The number of hydrogen-bond donors (Lipinski definition) is 1. The van der Waals surface area contributed by atoms with Crippen molar-refractivity contribution < 1.29 is 0 Å². The zero-order chi connectivity index (χ0) is 10.1. The lowest BCUT2D eigenvalue weighted by molar-refractivity contribution is 1.27. The number of nitrogens with zero attached hydrogens (tertiary/aromatic N) is 1. The minimum absolute atomic E-state index is 0.482. The standard InChI is InChI=1S/C11H10N2S/c1-7-9(4-5-12)10-3-2-8(13)6-11(10)14-7/h2-3,6H,4,13H2,1H3. The van der Waals surface area contributed by atoms with Crippen molar-refractivity contribution in [2.45, 2.75) is 13.3 Å². The molecular formula is C11H10N2S. The molecule has 0 spiro atoms. The van der Waals surface area contributed by atoms with Crippen LogP contribution in [0.25, 0.3) is 10.1 Å². The Morgan fingerprint density at radius 1 is 1.50 bits per heavy atom. The number of anilines is 1. The molecule has 70 valence electrons. The van der Waals surface area contributed by atoms with Gasteiger partial charge < -0.3 is 5.73 Å². The zero-order valence-corrected chi connectivity index (χ0v) is 8.69. The molecular weight excluding hydrogens is 192 g/mol. The minimum Gasteiger partial charge on any atom is -0.399 e. The van der Waals surface area contributed by atoms with E-state index in [-0.39, 0.29) is 0 Å². The van der Waals surface area contributed by atoms with Gasteiger partial charge in [-0.05, 0) is 30.0 Å². The largest absolute Gasteiger partial charge is 0.399 e. The lowest BCUT2D eigenvalue weighted by atomic mass is 10.1. The highest BCUT2D eigenvalue weighted by Crippen LogP contribution is 2.32. The van der Waals surface area contributed by atoms with Gasteiger partial charge in [0.25, 0.3) is 0 Å². The number of aryl methyl sites for hydroxylation is 1. The lowest BCUT2D eigenvalue weighted by Gasteiger charge is -1.95. The molecule has 0 unspecified atom stereocenters. The third-order valence-electron chi connectivity index (χ3n) is 2.27. The van der Waals surface area contributed by atoms with Crippen LogP contribution in [0, 0.1) is 18.3 Å². The van der Waals surface area contributed by atoms with E-state index in [9.17, 15) is 0 Å². The van der Waals surface area contributed by atoms with Crippen molar-refractivity contribution in [1.82, 2.24) is 0 Å². The van der Waals surface area contributed by atoms with Crippen molar-refractivity contribution in [2.24, 2.45) is 0 Å². The van der Waals surface area contributed by atoms with E-state index in [2.05, 4.69) is 6.07 Å². The van der Waals surface area contributed by atoms with E-state index in [0.29, 0.717) is 6.42 Å². The third kappa shape index (κ3) is 1.34. The Morgan fingerprint density at radius 2 is 2.29 bits per heavy atom. The van der Waals surface area contributed by atoms with Crippen LogP contribution in [-0.4, -0.2) is 0 Å². The van der Waals surface area contributed by atoms with E-state index < -0.39 is 0 Å². The topological polar surface area (TPSA) is 49.8 Å². The van der Waals surface area contributed by atoms with E-state index in [1.165, 1.54) is 15.0 Å². The lowest BCUT2D eigenvalue weighted by Crippen LogP contribution is -1.84. The molecule has 2 rings (SSSR count). The highest BCUT2D eigenvalue weighted by atomic mass is 32.1. The predicted octanol–water partition coefficient (Wildman–Crippen LogP) is 2.86. The normalized spacial score (nSPS) is 10.3. The Labute approximate surface area is 86.6 Å². The van der Waals surface area contributed by atoms with Gasteiger partial charge in [-0.15, -0.1) is 11.3 Å². The molecule has 0 amide bonds. The average molecular weight is 202 g/mol. The van der Waals surface area contributed by atoms with Crippen molar-refractivity contribution in [2.75, 3.05) is 5.73 Å². The minimum atomic E-state index is 0.482. The Hall–Kier alpha value is -1.53. The summed E-state index contributed by atoms with van der Waals surface area (Å²) in [6, 6.07) is 8.04. The number of fused-ring (bicyclic) bond motifs is 1. The van der Waals surface area contributed by atoms with Crippen LogP contribution in [0.3, 0.4) is 0 Å². The molecule has 0 bridgehead atoms. The zero-order valence-electron chi connectivity index (χ0n) is 7.87. The summed E-state index contributed by atoms with van der Waals surface area (Å²) in [7, 11) is 0. The van der Waals surface area contributed by atoms with Gasteiger partial charge in [-0.3, -0.25) is 0 Å². The highest BCUT2D eigenvalue weighted by molar-refractivity contribution is 7.19. The third-order valence-corrected chi connectivity index (χ3v) is 3.38. The van der Waals surface area contributed by atoms with Crippen LogP contribution in [-0.2, 0) is 6.42 Å². The molecule has 2 nitrogen and oxygen atoms in total. The number of nitrogen functional groups attached to an aromatic ring is 1. The van der Waals surface area contributed by atoms with E-state index in [0.717, 1.165) is 11.3 Å². The second-order valence-electron chi connectivity index (χ2n) is 3.23. The number of benzene rings is 1. The maximum atomic E-state index is 8.71. The number of hydrogen-bond acceptors (Lipinski definition) is 3.